The lowest BCUT2D eigenvalue weighted by Crippen LogP contribution is -2.13. The van der Waals surface area contributed by atoms with Crippen molar-refractivity contribution in [2.24, 2.45) is 0 Å². The Hall–Kier alpha value is -2.17. The van der Waals surface area contributed by atoms with Gasteiger partial charge in [-0.05, 0) is 40.7 Å². The minimum atomic E-state index is -1.17. The summed E-state index contributed by atoms with van der Waals surface area (Å²) in [7, 11) is 0. The van der Waals surface area contributed by atoms with Gasteiger partial charge in [-0.3, -0.25) is 0 Å². The van der Waals surface area contributed by atoms with Crippen LogP contribution in [0.1, 0.15) is 57.8 Å². The fourth-order valence-electron chi connectivity index (χ4n) is 2.75. The summed E-state index contributed by atoms with van der Waals surface area (Å²) in [5.74, 6) is -1.17. The third kappa shape index (κ3) is 9.16. The van der Waals surface area contributed by atoms with Gasteiger partial charge in [0.15, 0.2) is 0 Å². The van der Waals surface area contributed by atoms with Crippen molar-refractivity contribution in [1.29, 1.82) is 0 Å². The number of carbonyl (C=O) groups is 1. The first kappa shape index (κ1) is 25.8. The van der Waals surface area contributed by atoms with Gasteiger partial charge in [-0.1, -0.05) is 84.4 Å². The Labute approximate surface area is 170 Å². The lowest BCUT2D eigenvalue weighted by Gasteiger charge is -2.20. The van der Waals surface area contributed by atoms with E-state index in [0.717, 1.165) is 38.5 Å². The first-order valence-electron chi connectivity index (χ1n) is 9.82. The van der Waals surface area contributed by atoms with Crippen molar-refractivity contribution in [3.63, 3.8) is 0 Å². The smallest absolute Gasteiger partial charge is 0.335 e. The second kappa shape index (κ2) is 13.9. The van der Waals surface area contributed by atoms with E-state index in [1.54, 1.807) is 0 Å². The van der Waals surface area contributed by atoms with E-state index in [4.69, 9.17) is 10.2 Å². The van der Waals surface area contributed by atoms with E-state index in [-0.39, 0.29) is 17.8 Å². The van der Waals surface area contributed by atoms with E-state index in [9.17, 15) is 9.90 Å². The number of carboxylic acids is 1. The Morgan fingerprint density at radius 2 is 1.04 bits per heavy atom. The maximum Gasteiger partial charge on any atom is 0.335 e. The van der Waals surface area contributed by atoms with Gasteiger partial charge in [0.1, 0.15) is 0 Å². The lowest BCUT2D eigenvalue weighted by molar-refractivity contribution is -0.132. The van der Waals surface area contributed by atoms with Gasteiger partial charge in [0, 0.05) is 6.61 Å². The predicted octanol–water partition coefficient (Wildman–Crippen LogP) is 5.27. The molecule has 0 aromatic rings. The van der Waals surface area contributed by atoms with Crippen LogP contribution in [0.15, 0.2) is 72.9 Å². The van der Waals surface area contributed by atoms with Crippen molar-refractivity contribution < 1.29 is 20.1 Å². The average Bonchev–Trinajstić information content (AvgIpc) is 2.68. The number of carboxylic acid groups (broad SMARTS) is 1. The van der Waals surface area contributed by atoms with Crippen LogP contribution in [-0.2, 0) is 4.79 Å². The first-order valence-corrected chi connectivity index (χ1v) is 9.82. The molecule has 0 rings (SSSR count). The summed E-state index contributed by atoms with van der Waals surface area (Å²) in [4.78, 5) is 11.0. The fraction of sp³-hybridized carbons (Fsp3) is 0.458. The summed E-state index contributed by atoms with van der Waals surface area (Å²) in [6, 6.07) is 0. The van der Waals surface area contributed by atoms with E-state index in [1.165, 1.54) is 12.8 Å². The quantitative estimate of drug-likeness (QED) is 0.180. The standard InChI is InChI=1S/C24H36O4/c1-17(18(2)20(4)22(6)24(27)28)19(3)21(5)23(26)15-13-11-9-7-8-10-12-14-16-25/h23,25-26H,1-16H2,(H,27,28). The van der Waals surface area contributed by atoms with Gasteiger partial charge in [-0.25, -0.2) is 4.79 Å². The van der Waals surface area contributed by atoms with Crippen LogP contribution in [0.4, 0.5) is 0 Å². The molecule has 0 saturated carbocycles. The van der Waals surface area contributed by atoms with Crippen molar-refractivity contribution in [2.45, 2.75) is 63.9 Å². The highest BCUT2D eigenvalue weighted by molar-refractivity contribution is 5.93. The van der Waals surface area contributed by atoms with E-state index >= 15 is 0 Å². The third-order valence-corrected chi connectivity index (χ3v) is 4.89. The molecule has 0 heterocycles. The van der Waals surface area contributed by atoms with Gasteiger partial charge in [-0.2, -0.15) is 0 Å². The van der Waals surface area contributed by atoms with E-state index in [1.807, 2.05) is 0 Å². The molecule has 0 bridgehead atoms. The van der Waals surface area contributed by atoms with Crippen LogP contribution in [0.5, 0.6) is 0 Å². The molecule has 0 aliphatic carbocycles. The van der Waals surface area contributed by atoms with Gasteiger partial charge in [0.05, 0.1) is 11.7 Å². The molecule has 4 nitrogen and oxygen atoms in total. The Bertz CT molecular complexity index is 625. The van der Waals surface area contributed by atoms with Crippen molar-refractivity contribution in [1.82, 2.24) is 0 Å². The largest absolute Gasteiger partial charge is 0.478 e. The molecule has 1 atom stereocenters. The Morgan fingerprint density at radius 3 is 1.50 bits per heavy atom. The molecule has 28 heavy (non-hydrogen) atoms. The summed E-state index contributed by atoms with van der Waals surface area (Å²) in [6.07, 6.45) is 8.39. The van der Waals surface area contributed by atoms with Crippen LogP contribution in [0, 0.1) is 0 Å². The monoisotopic (exact) mass is 388 g/mol. The van der Waals surface area contributed by atoms with Crippen molar-refractivity contribution in [2.75, 3.05) is 6.61 Å². The Morgan fingerprint density at radius 1 is 0.643 bits per heavy atom. The van der Waals surface area contributed by atoms with E-state index in [2.05, 4.69) is 39.5 Å². The molecule has 156 valence electrons. The number of rotatable bonds is 17. The zero-order valence-corrected chi connectivity index (χ0v) is 17.1. The van der Waals surface area contributed by atoms with E-state index < -0.39 is 12.1 Å². The average molecular weight is 389 g/mol. The zero-order chi connectivity index (χ0) is 21.7. The summed E-state index contributed by atoms with van der Waals surface area (Å²) in [6.45, 7) is 23.0. The fourth-order valence-corrected chi connectivity index (χ4v) is 2.75. The first-order chi connectivity index (χ1) is 13.1. The number of hydrogen-bond acceptors (Lipinski definition) is 3. The van der Waals surface area contributed by atoms with Gasteiger partial charge in [0.2, 0.25) is 0 Å². The highest BCUT2D eigenvalue weighted by Crippen LogP contribution is 2.30. The molecule has 0 spiro atoms. The number of unbranched alkanes of at least 4 members (excludes halogenated alkanes) is 7. The molecule has 0 aliphatic rings. The van der Waals surface area contributed by atoms with Crippen molar-refractivity contribution >= 4 is 5.97 Å². The summed E-state index contributed by atoms with van der Waals surface area (Å²) in [5, 5.41) is 28.1. The topological polar surface area (TPSA) is 77.8 Å². The summed E-state index contributed by atoms with van der Waals surface area (Å²) >= 11 is 0. The lowest BCUT2D eigenvalue weighted by atomic mass is 9.87. The Kier molecular flexibility index (Phi) is 12.8. The second-order valence-electron chi connectivity index (χ2n) is 7.08. The van der Waals surface area contributed by atoms with Crippen LogP contribution in [0.25, 0.3) is 0 Å². The Balaban J connectivity index is 4.29. The number of aliphatic hydroxyl groups excluding tert-OH is 2. The maximum atomic E-state index is 11.0. The molecule has 0 saturated heterocycles. The maximum absolute atomic E-state index is 11.0. The zero-order valence-electron chi connectivity index (χ0n) is 17.1. The summed E-state index contributed by atoms with van der Waals surface area (Å²) in [5.41, 5.74) is 1.66. The van der Waals surface area contributed by atoms with Gasteiger partial charge in [-0.15, -0.1) is 0 Å². The molecule has 0 radical (unpaired) electrons. The van der Waals surface area contributed by atoms with Crippen LogP contribution in [0.3, 0.4) is 0 Å². The minimum Gasteiger partial charge on any atom is -0.478 e. The molecule has 0 aromatic heterocycles. The molecule has 4 heteroatoms. The second-order valence-corrected chi connectivity index (χ2v) is 7.08. The SMILES string of the molecule is C=C(C(=C)C(=C)C(=C)C(O)CCCCCCCCCCO)C(=C)C(=C)C(=O)O. The van der Waals surface area contributed by atoms with Crippen molar-refractivity contribution in [3.05, 3.63) is 72.9 Å². The molecule has 1 unspecified atom stereocenters. The molecule has 3 N–H and O–H groups in total. The van der Waals surface area contributed by atoms with Gasteiger partial charge in [0.25, 0.3) is 0 Å². The van der Waals surface area contributed by atoms with Crippen LogP contribution in [-0.4, -0.2) is 34.0 Å². The minimum absolute atomic E-state index is 0.151. The molecule has 0 amide bonds. The van der Waals surface area contributed by atoms with Crippen LogP contribution < -0.4 is 0 Å². The van der Waals surface area contributed by atoms with Crippen LogP contribution in [0.2, 0.25) is 0 Å². The molecule has 0 fully saturated rings. The third-order valence-electron chi connectivity index (χ3n) is 4.89. The number of allylic oxidation sites excluding steroid dienone is 2. The molecule has 0 aliphatic heterocycles. The van der Waals surface area contributed by atoms with Crippen LogP contribution >= 0.6 is 0 Å². The highest BCUT2D eigenvalue weighted by atomic mass is 16.4. The van der Waals surface area contributed by atoms with E-state index in [0.29, 0.717) is 28.7 Å². The predicted molar refractivity (Wildman–Crippen MR) is 117 cm³/mol. The number of aliphatic hydroxyl groups is 2. The molecular weight excluding hydrogens is 352 g/mol. The normalized spacial score (nSPS) is 11.5. The van der Waals surface area contributed by atoms with Gasteiger partial charge < -0.3 is 15.3 Å². The summed E-state index contributed by atoms with van der Waals surface area (Å²) < 4.78 is 0. The van der Waals surface area contributed by atoms with Crippen molar-refractivity contribution in [3.8, 4) is 0 Å². The highest BCUT2D eigenvalue weighted by Gasteiger charge is 2.19. The van der Waals surface area contributed by atoms with Gasteiger partial charge >= 0.3 is 5.97 Å². The molecule has 0 aromatic carbocycles. The number of aliphatic carboxylic acids is 1. The molecular formula is C24H36O4. The number of hydrogen-bond donors (Lipinski definition) is 3.